The summed E-state index contributed by atoms with van der Waals surface area (Å²) in [6.07, 6.45) is 0. The third-order valence-electron chi connectivity index (χ3n) is 4.64. The quantitative estimate of drug-likeness (QED) is 0.384. The highest BCUT2D eigenvalue weighted by atomic mass is 16.3. The van der Waals surface area contributed by atoms with Crippen LogP contribution in [-0.2, 0) is 0 Å². The van der Waals surface area contributed by atoms with Gasteiger partial charge in [0.1, 0.15) is 11.2 Å². The molecule has 0 radical (unpaired) electrons. The number of para-hydroxylation sites is 2. The first-order valence-electron chi connectivity index (χ1n) is 8.71. The Labute approximate surface area is 151 Å². The summed E-state index contributed by atoms with van der Waals surface area (Å²) in [4.78, 5) is 0. The molecule has 0 fully saturated rings. The normalized spacial score (nSPS) is 11.1. The molecule has 5 aromatic rings. The smallest absolute Gasteiger partial charge is 0.143 e. The zero-order valence-corrected chi connectivity index (χ0v) is 14.1. The largest absolute Gasteiger partial charge is 0.455 e. The van der Waals surface area contributed by atoms with Gasteiger partial charge in [-0.25, -0.2) is 0 Å². The first-order chi connectivity index (χ1) is 12.9. The molecule has 1 aromatic heterocycles. The maximum absolute atomic E-state index is 6.22. The number of anilines is 2. The number of rotatable bonds is 3. The minimum absolute atomic E-state index is 0.905. The Morgan fingerprint density at radius 1 is 0.577 bits per heavy atom. The Balaban J connectivity index is 1.66. The molecule has 1 N–H and O–H groups in total. The van der Waals surface area contributed by atoms with Crippen LogP contribution in [0.5, 0.6) is 0 Å². The third kappa shape index (κ3) is 2.52. The topological polar surface area (TPSA) is 25.2 Å². The molecule has 26 heavy (non-hydrogen) atoms. The molecular formula is C24H17NO. The average Bonchev–Trinajstić information content (AvgIpc) is 3.08. The molecule has 0 saturated heterocycles. The molecule has 5 rings (SSSR count). The molecule has 0 bridgehead atoms. The van der Waals surface area contributed by atoms with E-state index in [0.717, 1.165) is 38.9 Å². The molecule has 0 atom stereocenters. The molecule has 1 heterocycles. The second kappa shape index (κ2) is 6.08. The molecule has 0 amide bonds. The number of furan rings is 1. The van der Waals surface area contributed by atoms with E-state index >= 15 is 0 Å². The van der Waals surface area contributed by atoms with E-state index in [0.29, 0.717) is 0 Å². The number of hydrogen-bond acceptors (Lipinski definition) is 2. The highest BCUT2D eigenvalue weighted by Crippen LogP contribution is 2.37. The van der Waals surface area contributed by atoms with Gasteiger partial charge in [-0.05, 0) is 35.9 Å². The van der Waals surface area contributed by atoms with Gasteiger partial charge in [0.2, 0.25) is 0 Å². The lowest BCUT2D eigenvalue weighted by Crippen LogP contribution is -1.88. The van der Waals surface area contributed by atoms with Crippen molar-refractivity contribution < 1.29 is 4.42 Å². The Hall–Kier alpha value is -3.52. The van der Waals surface area contributed by atoms with Crippen molar-refractivity contribution in [3.63, 3.8) is 0 Å². The van der Waals surface area contributed by atoms with Crippen molar-refractivity contribution >= 4 is 33.3 Å². The summed E-state index contributed by atoms with van der Waals surface area (Å²) < 4.78 is 6.22. The van der Waals surface area contributed by atoms with Gasteiger partial charge >= 0.3 is 0 Å². The molecule has 0 unspecified atom stereocenters. The Kier molecular flexibility index (Phi) is 3.46. The maximum Gasteiger partial charge on any atom is 0.143 e. The van der Waals surface area contributed by atoms with Gasteiger partial charge in [0.15, 0.2) is 0 Å². The summed E-state index contributed by atoms with van der Waals surface area (Å²) in [5.74, 6) is 0. The first-order valence-corrected chi connectivity index (χ1v) is 8.71. The minimum Gasteiger partial charge on any atom is -0.455 e. The lowest BCUT2D eigenvalue weighted by atomic mass is 10.0. The fraction of sp³-hybridized carbons (Fsp3) is 0. The van der Waals surface area contributed by atoms with Crippen molar-refractivity contribution in [1.82, 2.24) is 0 Å². The highest BCUT2D eigenvalue weighted by molar-refractivity contribution is 6.10. The predicted molar refractivity (Wildman–Crippen MR) is 109 cm³/mol. The maximum atomic E-state index is 6.22. The van der Waals surface area contributed by atoms with Crippen LogP contribution in [0.2, 0.25) is 0 Å². The lowest BCUT2D eigenvalue weighted by molar-refractivity contribution is 0.670. The fourth-order valence-electron chi connectivity index (χ4n) is 3.41. The summed E-state index contributed by atoms with van der Waals surface area (Å²) in [7, 11) is 0. The van der Waals surface area contributed by atoms with E-state index in [-0.39, 0.29) is 0 Å². The van der Waals surface area contributed by atoms with Gasteiger partial charge in [-0.3, -0.25) is 0 Å². The molecule has 4 aromatic carbocycles. The van der Waals surface area contributed by atoms with E-state index in [1.807, 2.05) is 30.3 Å². The van der Waals surface area contributed by atoms with Crippen molar-refractivity contribution in [3.8, 4) is 11.1 Å². The zero-order chi connectivity index (χ0) is 17.3. The van der Waals surface area contributed by atoms with Crippen molar-refractivity contribution in [3.05, 3.63) is 97.1 Å². The third-order valence-corrected chi connectivity index (χ3v) is 4.64. The number of benzene rings is 4. The number of fused-ring (bicyclic) bond motifs is 3. The molecule has 0 saturated carbocycles. The van der Waals surface area contributed by atoms with Gasteiger partial charge in [0.25, 0.3) is 0 Å². The molecular weight excluding hydrogens is 318 g/mol. The van der Waals surface area contributed by atoms with Gasteiger partial charge in [-0.15, -0.1) is 0 Å². The molecule has 0 aliphatic carbocycles. The van der Waals surface area contributed by atoms with Crippen molar-refractivity contribution in [2.75, 3.05) is 5.32 Å². The van der Waals surface area contributed by atoms with Crippen molar-refractivity contribution in [2.45, 2.75) is 0 Å². The van der Waals surface area contributed by atoms with Crippen LogP contribution in [0.25, 0.3) is 33.1 Å². The van der Waals surface area contributed by atoms with Crippen LogP contribution in [0.4, 0.5) is 11.4 Å². The van der Waals surface area contributed by atoms with Crippen LogP contribution in [0, 0.1) is 0 Å². The Morgan fingerprint density at radius 3 is 2.15 bits per heavy atom. The van der Waals surface area contributed by atoms with E-state index in [1.54, 1.807) is 0 Å². The molecule has 0 spiro atoms. The van der Waals surface area contributed by atoms with Crippen LogP contribution in [-0.4, -0.2) is 0 Å². The van der Waals surface area contributed by atoms with E-state index < -0.39 is 0 Å². The van der Waals surface area contributed by atoms with Crippen LogP contribution in [0.15, 0.2) is 101 Å². The Bertz CT molecular complexity index is 1190. The average molecular weight is 335 g/mol. The summed E-state index contributed by atoms with van der Waals surface area (Å²) in [5, 5.41) is 5.72. The fourth-order valence-corrected chi connectivity index (χ4v) is 3.41. The predicted octanol–water partition coefficient (Wildman–Crippen LogP) is 7.00. The molecule has 0 aliphatic rings. The van der Waals surface area contributed by atoms with Gasteiger partial charge in [-0.2, -0.15) is 0 Å². The van der Waals surface area contributed by atoms with Gasteiger partial charge in [0, 0.05) is 27.7 Å². The summed E-state index contributed by atoms with van der Waals surface area (Å²) in [6.45, 7) is 0. The minimum atomic E-state index is 0.905. The van der Waals surface area contributed by atoms with Crippen LogP contribution in [0.3, 0.4) is 0 Å². The highest BCUT2D eigenvalue weighted by Gasteiger charge is 2.12. The molecule has 2 nitrogen and oxygen atoms in total. The molecule has 0 aliphatic heterocycles. The zero-order valence-electron chi connectivity index (χ0n) is 14.1. The van der Waals surface area contributed by atoms with Gasteiger partial charge in [0.05, 0.1) is 0 Å². The first kappa shape index (κ1) is 14.8. The van der Waals surface area contributed by atoms with Crippen molar-refractivity contribution in [1.29, 1.82) is 0 Å². The van der Waals surface area contributed by atoms with Gasteiger partial charge in [-0.1, -0.05) is 66.7 Å². The second-order valence-electron chi connectivity index (χ2n) is 6.35. The van der Waals surface area contributed by atoms with Crippen molar-refractivity contribution in [2.24, 2.45) is 0 Å². The summed E-state index contributed by atoms with van der Waals surface area (Å²) in [6, 6.07) is 33.1. The van der Waals surface area contributed by atoms with Crippen LogP contribution in [0.1, 0.15) is 0 Å². The summed E-state index contributed by atoms with van der Waals surface area (Å²) in [5.41, 5.74) is 6.25. The number of nitrogens with one attached hydrogen (secondary N) is 1. The Morgan fingerprint density at radius 2 is 1.35 bits per heavy atom. The second-order valence-corrected chi connectivity index (χ2v) is 6.35. The van der Waals surface area contributed by atoms with E-state index in [9.17, 15) is 0 Å². The molecule has 124 valence electrons. The van der Waals surface area contributed by atoms with E-state index in [1.165, 1.54) is 5.56 Å². The van der Waals surface area contributed by atoms with E-state index in [2.05, 4.69) is 72.0 Å². The van der Waals surface area contributed by atoms with Crippen LogP contribution >= 0.6 is 0 Å². The monoisotopic (exact) mass is 335 g/mol. The molecule has 2 heteroatoms. The number of hydrogen-bond donors (Lipinski definition) is 1. The lowest BCUT2D eigenvalue weighted by Gasteiger charge is -2.05. The summed E-state index contributed by atoms with van der Waals surface area (Å²) >= 11 is 0. The van der Waals surface area contributed by atoms with Gasteiger partial charge < -0.3 is 9.73 Å². The van der Waals surface area contributed by atoms with Crippen LogP contribution < -0.4 is 5.32 Å². The van der Waals surface area contributed by atoms with E-state index in [4.69, 9.17) is 4.42 Å². The SMILES string of the molecule is c1ccc(Nc2ccc3oc4c(-c5ccccc5)cccc4c3c2)cc1. The standard InChI is InChI=1S/C24H17NO/c1-3-8-17(9-4-1)20-12-7-13-21-22-16-19(14-15-23(22)26-24(20)21)25-18-10-5-2-6-11-18/h1-16,25H.